The number of aromatic nitrogens is 2. The van der Waals surface area contributed by atoms with Gasteiger partial charge in [0.25, 0.3) is 17.4 Å². The van der Waals surface area contributed by atoms with Crippen LogP contribution in [0.15, 0.2) is 59.4 Å². The predicted octanol–water partition coefficient (Wildman–Crippen LogP) is -0.00420. The zero-order chi connectivity index (χ0) is 55.8. The van der Waals surface area contributed by atoms with E-state index in [9.17, 15) is 72.3 Å². The Morgan fingerprint density at radius 3 is 2.36 bits per heavy atom. The maximum Gasteiger partial charge on any atom is 0.411 e. The van der Waals surface area contributed by atoms with Gasteiger partial charge in [0.2, 0.25) is 18.1 Å². The smallest absolute Gasteiger partial charge is 0.411 e. The number of anilines is 1. The average Bonchev–Trinajstić information content (AvgIpc) is 3.98. The Balaban J connectivity index is 1.04. The summed E-state index contributed by atoms with van der Waals surface area (Å²) in [4.78, 5) is 112. The number of cyclic esters (lactones) is 1. The number of aliphatic hydroxyl groups is 3. The fourth-order valence-corrected chi connectivity index (χ4v) is 9.93. The van der Waals surface area contributed by atoms with Crippen LogP contribution in [0.3, 0.4) is 0 Å². The number of benzene rings is 2. The van der Waals surface area contributed by atoms with Crippen LogP contribution < -0.4 is 15.6 Å². The summed E-state index contributed by atoms with van der Waals surface area (Å²) in [6.07, 6.45) is -8.24. The summed E-state index contributed by atoms with van der Waals surface area (Å²) >= 11 is 0. The molecule has 2 aromatic heterocycles. The van der Waals surface area contributed by atoms with Crippen molar-refractivity contribution in [3.8, 4) is 22.9 Å². The molecule has 410 valence electrons. The molecule has 1 saturated heterocycles. The topological polar surface area (TPSA) is 358 Å². The third-order valence-electron chi connectivity index (χ3n) is 13.6. The summed E-state index contributed by atoms with van der Waals surface area (Å²) in [7, 11) is -2.48. The number of carboxylic acid groups (broad SMARTS) is 1. The number of sulfone groups is 1. The minimum atomic E-state index is -3.75. The molecule has 4 aromatic rings. The molecule has 77 heavy (non-hydrogen) atoms. The molecule has 1 fully saturated rings. The van der Waals surface area contributed by atoms with Crippen molar-refractivity contribution in [3.05, 3.63) is 92.8 Å². The van der Waals surface area contributed by atoms with E-state index in [1.54, 1.807) is 25.1 Å². The minimum Gasteiger partial charge on any atom is -0.508 e. The number of phenols is 1. The van der Waals surface area contributed by atoms with Crippen LogP contribution in [0.5, 0.6) is 11.5 Å². The van der Waals surface area contributed by atoms with Gasteiger partial charge in [-0.2, -0.15) is 0 Å². The quantitative estimate of drug-likeness (QED) is 0.0360. The molecule has 0 spiro atoms. The Bertz CT molecular complexity index is 3290. The van der Waals surface area contributed by atoms with Crippen LogP contribution in [-0.4, -0.2) is 176 Å². The van der Waals surface area contributed by atoms with Gasteiger partial charge in [-0.1, -0.05) is 19.9 Å². The third kappa shape index (κ3) is 11.2. The first kappa shape index (κ1) is 55.4. The maximum absolute atomic E-state index is 14.3. The number of esters is 1. The van der Waals surface area contributed by atoms with Gasteiger partial charge in [0.1, 0.15) is 59.6 Å². The number of aliphatic carboxylic acids is 1. The molecule has 0 radical (unpaired) electrons. The van der Waals surface area contributed by atoms with Crippen molar-refractivity contribution in [1.29, 1.82) is 0 Å². The van der Waals surface area contributed by atoms with Crippen molar-refractivity contribution in [2.75, 3.05) is 50.7 Å². The van der Waals surface area contributed by atoms with E-state index in [1.165, 1.54) is 35.9 Å². The molecule has 5 unspecified atom stereocenters. The number of carbonyl (C=O) groups excluding carboxylic acids is 6. The monoisotopic (exact) mass is 1090 g/mol. The molecule has 6 heterocycles. The number of fused-ring (bicyclic) bond motifs is 5. The van der Waals surface area contributed by atoms with Crippen LogP contribution in [0.25, 0.3) is 22.3 Å². The molecule has 6 N–H and O–H groups in total. The number of ether oxygens (including phenoxy) is 5. The van der Waals surface area contributed by atoms with Crippen molar-refractivity contribution in [3.63, 3.8) is 0 Å². The van der Waals surface area contributed by atoms with Crippen molar-refractivity contribution >= 4 is 68.1 Å². The number of carbonyl (C=O) groups is 7. The van der Waals surface area contributed by atoms with Crippen LogP contribution in [-0.2, 0) is 89.3 Å². The number of nitrogens with one attached hydrogen (secondary N) is 1. The molecule has 4 aliphatic rings. The van der Waals surface area contributed by atoms with Gasteiger partial charge in [-0.25, -0.2) is 27.8 Å². The number of hydrogen-bond donors (Lipinski definition) is 6. The molecular formula is C50H54N6O20S. The Morgan fingerprint density at radius 1 is 0.961 bits per heavy atom. The summed E-state index contributed by atoms with van der Waals surface area (Å²) in [6, 6.07) is 10.1. The van der Waals surface area contributed by atoms with E-state index in [1.807, 2.05) is 6.92 Å². The number of likely N-dealkylation sites (N-methyl/N-ethyl adjacent to an activating group) is 1. The number of aryl methyl sites for hydroxylation is 1. The van der Waals surface area contributed by atoms with Crippen molar-refractivity contribution in [2.45, 2.75) is 89.2 Å². The van der Waals surface area contributed by atoms with Gasteiger partial charge in [0, 0.05) is 61.5 Å². The zero-order valence-electron chi connectivity index (χ0n) is 41.9. The van der Waals surface area contributed by atoms with Crippen molar-refractivity contribution in [1.82, 2.24) is 24.3 Å². The fraction of sp³-hybridized carbons (Fsp3) is 0.420. The number of rotatable bonds is 19. The number of pyridine rings is 2. The van der Waals surface area contributed by atoms with Gasteiger partial charge in [-0.3, -0.25) is 33.8 Å². The van der Waals surface area contributed by atoms with E-state index in [-0.39, 0.29) is 59.8 Å². The Labute approximate surface area is 437 Å². The number of nitrogens with zero attached hydrogens (tertiary/aromatic N) is 5. The van der Waals surface area contributed by atoms with Gasteiger partial charge in [-0.15, -0.1) is 0 Å². The lowest BCUT2D eigenvalue weighted by atomic mass is 9.85. The summed E-state index contributed by atoms with van der Waals surface area (Å²) < 4.78 is 54.9. The lowest BCUT2D eigenvalue weighted by Gasteiger charge is -2.38. The highest BCUT2D eigenvalue weighted by Gasteiger charge is 2.50. The third-order valence-corrected chi connectivity index (χ3v) is 14.5. The highest BCUT2D eigenvalue weighted by atomic mass is 32.2. The minimum absolute atomic E-state index is 0.0438. The molecule has 0 bridgehead atoms. The van der Waals surface area contributed by atoms with Gasteiger partial charge in [0.05, 0.1) is 47.0 Å². The Kier molecular flexibility index (Phi) is 15.9. The van der Waals surface area contributed by atoms with Gasteiger partial charge in [-0.05, 0) is 60.4 Å². The Hall–Kier alpha value is -7.82. The first-order chi connectivity index (χ1) is 36.4. The van der Waals surface area contributed by atoms with Crippen LogP contribution >= 0.6 is 0 Å². The lowest BCUT2D eigenvalue weighted by molar-refractivity contribution is -0.271. The molecule has 5 amide bonds. The normalized spacial score (nSPS) is 21.5. The second-order valence-electron chi connectivity index (χ2n) is 18.7. The zero-order valence-corrected chi connectivity index (χ0v) is 42.7. The van der Waals surface area contributed by atoms with Crippen LogP contribution in [0, 0.1) is 0 Å². The summed E-state index contributed by atoms with van der Waals surface area (Å²) in [6.45, 7) is 0.486. The van der Waals surface area contributed by atoms with E-state index in [0.29, 0.717) is 28.7 Å². The standard InChI is InChI=1S/C50H54N6O20S/c1-5-27-28-18-26(57)8-9-32(28)52-40-29(27)20-56-34(40)19-31-30(45(56)65)23-72-48(68)50(31,6-2)74-24-54(15-16-77(4,70)71)49(69)73-22-25-7-10-35(75-47-43(64)41(62)42(63)44(76-47)46(66)67)33(17-25)51-36(58)21-53(3)37(59)13-14-55-38(60)11-12-39(55)61/h7-12,17-19,41-44,47,57,62-64H,5-6,13-16,20-24H2,1-4H3,(H,51,58)(H,66,67)/t41?,42?,43?,44?,47?,50-/m0/s1. The first-order valence-electron chi connectivity index (χ1n) is 24.1. The van der Waals surface area contributed by atoms with E-state index < -0.39 is 132 Å². The number of aromatic hydroxyl groups is 1. The highest BCUT2D eigenvalue weighted by Crippen LogP contribution is 2.43. The number of imide groups is 1. The van der Waals surface area contributed by atoms with Gasteiger partial charge < -0.3 is 64.0 Å². The lowest BCUT2D eigenvalue weighted by Crippen LogP contribution is -2.61. The van der Waals surface area contributed by atoms with E-state index in [2.05, 4.69) is 5.32 Å². The summed E-state index contributed by atoms with van der Waals surface area (Å²) in [5, 5.41) is 54.4. The van der Waals surface area contributed by atoms with E-state index in [0.717, 1.165) is 44.2 Å². The summed E-state index contributed by atoms with van der Waals surface area (Å²) in [5.74, 6) is -6.21. The predicted molar refractivity (Wildman–Crippen MR) is 264 cm³/mol. The molecule has 6 atom stereocenters. The molecule has 0 aliphatic carbocycles. The second kappa shape index (κ2) is 22.0. The molecule has 8 rings (SSSR count). The number of aliphatic hydroxyl groups excluding tert-OH is 3. The molecule has 0 saturated carbocycles. The largest absolute Gasteiger partial charge is 0.508 e. The maximum atomic E-state index is 14.3. The Morgan fingerprint density at radius 2 is 1.69 bits per heavy atom. The SMILES string of the molecule is CCc1c2c(nc3ccc(O)cc13)-c1cc3c(c(=O)n1C2)COC(=O)[C@@]3(CC)OCN(CCS(C)(=O)=O)C(=O)OCc1ccc(OC2OC(C(=O)O)C(O)C(O)C2O)c(NC(=O)CN(C)C(=O)CCN2C(=O)C=CC2=O)c1. The van der Waals surface area contributed by atoms with Gasteiger partial charge in [0.15, 0.2) is 11.7 Å². The van der Waals surface area contributed by atoms with Crippen molar-refractivity contribution in [2.24, 2.45) is 0 Å². The number of phenolic OH excluding ortho intramolecular Hbond substituents is 1. The second-order valence-corrected chi connectivity index (χ2v) is 20.9. The number of amides is 5. The van der Waals surface area contributed by atoms with E-state index in [4.69, 9.17) is 28.7 Å². The van der Waals surface area contributed by atoms with Crippen LogP contribution in [0.4, 0.5) is 10.5 Å². The van der Waals surface area contributed by atoms with Gasteiger partial charge >= 0.3 is 18.0 Å². The molecular weight excluding hydrogens is 1040 g/mol. The van der Waals surface area contributed by atoms with Crippen LogP contribution in [0.1, 0.15) is 54.5 Å². The van der Waals surface area contributed by atoms with Crippen molar-refractivity contribution < 1.29 is 91.2 Å². The molecule has 2 aromatic carbocycles. The molecule has 4 aliphatic heterocycles. The fourth-order valence-electron chi connectivity index (χ4n) is 9.37. The summed E-state index contributed by atoms with van der Waals surface area (Å²) in [5.41, 5.74) is 0.677. The average molecular weight is 1090 g/mol. The number of hydrogen-bond acceptors (Lipinski definition) is 20. The number of carboxylic acids is 1. The molecule has 26 nitrogen and oxygen atoms in total. The van der Waals surface area contributed by atoms with Crippen LogP contribution in [0.2, 0.25) is 0 Å². The molecule has 27 heteroatoms. The highest BCUT2D eigenvalue weighted by molar-refractivity contribution is 7.90. The first-order valence-corrected chi connectivity index (χ1v) is 26.1. The van der Waals surface area contributed by atoms with E-state index >= 15 is 0 Å².